The van der Waals surface area contributed by atoms with Crippen molar-refractivity contribution in [3.8, 4) is 0 Å². The molecule has 0 aliphatic heterocycles. The molecule has 0 bridgehead atoms. The first-order valence-corrected chi connectivity index (χ1v) is 6.18. The maximum atomic E-state index is 12.0. The minimum absolute atomic E-state index is 0.0511. The molecule has 1 aromatic heterocycles. The molecule has 0 saturated heterocycles. The summed E-state index contributed by atoms with van der Waals surface area (Å²) in [7, 11) is 0. The number of halogens is 4. The van der Waals surface area contributed by atoms with Crippen LogP contribution in [0.25, 0.3) is 0 Å². The Morgan fingerprint density at radius 2 is 1.90 bits per heavy atom. The summed E-state index contributed by atoms with van der Waals surface area (Å²) in [6, 6.07) is 6.96. The number of aryl methyl sites for hydroxylation is 1. The van der Waals surface area contributed by atoms with Crippen molar-refractivity contribution in [2.75, 3.05) is 5.32 Å². The molecule has 0 aliphatic rings. The Morgan fingerprint density at radius 3 is 2.55 bits per heavy atom. The second kappa shape index (κ2) is 6.13. The molecule has 1 heterocycles. The number of nitrogens with one attached hydrogen (secondary N) is 1. The molecule has 0 spiro atoms. The molecule has 8 heteroatoms. The van der Waals surface area contributed by atoms with Crippen molar-refractivity contribution in [2.45, 2.75) is 25.6 Å². The Kier molecular flexibility index (Phi) is 4.49. The van der Waals surface area contributed by atoms with E-state index in [1.54, 1.807) is 24.3 Å². The van der Waals surface area contributed by atoms with Crippen molar-refractivity contribution in [1.82, 2.24) is 10.1 Å². The van der Waals surface area contributed by atoms with E-state index in [2.05, 4.69) is 15.5 Å². The van der Waals surface area contributed by atoms with E-state index in [9.17, 15) is 13.2 Å². The van der Waals surface area contributed by atoms with Crippen LogP contribution < -0.4 is 5.32 Å². The van der Waals surface area contributed by atoms with Crippen molar-refractivity contribution >= 4 is 17.3 Å². The van der Waals surface area contributed by atoms with Crippen LogP contribution >= 0.6 is 11.6 Å². The molecule has 1 N–H and O–H groups in total. The lowest BCUT2D eigenvalue weighted by molar-refractivity contribution is -0.134. The van der Waals surface area contributed by atoms with Gasteiger partial charge in [-0.15, -0.1) is 0 Å². The number of hydrogen-bond acceptors (Lipinski definition) is 4. The van der Waals surface area contributed by atoms with Gasteiger partial charge in [0.1, 0.15) is 0 Å². The summed E-state index contributed by atoms with van der Waals surface area (Å²) in [6.45, 7) is 0.237. The van der Waals surface area contributed by atoms with Crippen LogP contribution in [0.4, 0.5) is 18.9 Å². The van der Waals surface area contributed by atoms with Gasteiger partial charge in [0.05, 0.1) is 13.0 Å². The fraction of sp³-hybridized carbons (Fsp3) is 0.333. The van der Waals surface area contributed by atoms with Crippen LogP contribution in [0.1, 0.15) is 18.1 Å². The van der Waals surface area contributed by atoms with Gasteiger partial charge in [0.25, 0.3) is 0 Å². The monoisotopic (exact) mass is 305 g/mol. The number of aromatic nitrogens is 2. The van der Waals surface area contributed by atoms with Gasteiger partial charge < -0.3 is 9.84 Å². The van der Waals surface area contributed by atoms with Crippen LogP contribution in [-0.2, 0) is 13.0 Å². The van der Waals surface area contributed by atoms with E-state index in [0.717, 1.165) is 5.69 Å². The van der Waals surface area contributed by atoms with Crippen molar-refractivity contribution in [2.24, 2.45) is 0 Å². The van der Waals surface area contributed by atoms with Crippen molar-refractivity contribution in [3.05, 3.63) is 41.0 Å². The molecule has 0 unspecified atom stereocenters. The number of nitrogens with zero attached hydrogens (tertiary/aromatic N) is 2. The van der Waals surface area contributed by atoms with Crippen molar-refractivity contribution < 1.29 is 17.7 Å². The smallest absolute Gasteiger partial charge is 0.376 e. The summed E-state index contributed by atoms with van der Waals surface area (Å²) in [5.74, 6) is 0.285. The van der Waals surface area contributed by atoms with E-state index in [0.29, 0.717) is 5.02 Å². The predicted molar refractivity (Wildman–Crippen MR) is 67.5 cm³/mol. The minimum Gasteiger partial charge on any atom is -0.376 e. The molecule has 108 valence electrons. The van der Waals surface area contributed by atoms with E-state index in [1.807, 2.05) is 0 Å². The highest BCUT2D eigenvalue weighted by molar-refractivity contribution is 6.30. The van der Waals surface area contributed by atoms with Gasteiger partial charge in [-0.1, -0.05) is 16.8 Å². The average Bonchev–Trinajstić information content (AvgIpc) is 2.83. The summed E-state index contributed by atoms with van der Waals surface area (Å²) < 4.78 is 41.0. The molecule has 2 rings (SSSR count). The summed E-state index contributed by atoms with van der Waals surface area (Å²) >= 11 is 5.74. The summed E-state index contributed by atoms with van der Waals surface area (Å²) in [6.07, 6.45) is -5.47. The van der Waals surface area contributed by atoms with Gasteiger partial charge in [0.15, 0.2) is 5.82 Å². The number of alkyl halides is 3. The van der Waals surface area contributed by atoms with E-state index >= 15 is 0 Å². The van der Waals surface area contributed by atoms with Crippen LogP contribution in [0, 0.1) is 0 Å². The van der Waals surface area contributed by atoms with Crippen LogP contribution in [0.5, 0.6) is 0 Å². The first-order valence-electron chi connectivity index (χ1n) is 5.80. The highest BCUT2D eigenvalue weighted by Crippen LogP contribution is 2.21. The number of rotatable bonds is 5. The molecular weight excluding hydrogens is 295 g/mol. The predicted octanol–water partition coefficient (Wildman–Crippen LogP) is 3.83. The van der Waals surface area contributed by atoms with E-state index in [-0.39, 0.29) is 24.7 Å². The van der Waals surface area contributed by atoms with Crippen LogP contribution in [0.15, 0.2) is 28.8 Å². The Labute approximate surface area is 117 Å². The quantitative estimate of drug-likeness (QED) is 0.912. The average molecular weight is 306 g/mol. The van der Waals surface area contributed by atoms with Gasteiger partial charge in [-0.05, 0) is 24.3 Å². The number of anilines is 1. The van der Waals surface area contributed by atoms with Gasteiger partial charge in [-0.25, -0.2) is 0 Å². The third-order valence-electron chi connectivity index (χ3n) is 2.43. The molecule has 0 atom stereocenters. The largest absolute Gasteiger partial charge is 0.389 e. The lowest BCUT2D eigenvalue weighted by Gasteiger charge is -2.02. The third-order valence-corrected chi connectivity index (χ3v) is 2.68. The first-order chi connectivity index (χ1) is 9.42. The first kappa shape index (κ1) is 14.6. The third kappa shape index (κ3) is 4.73. The lowest BCUT2D eigenvalue weighted by Crippen LogP contribution is -2.09. The van der Waals surface area contributed by atoms with Crippen LogP contribution in [0.3, 0.4) is 0 Å². The fourth-order valence-electron chi connectivity index (χ4n) is 1.46. The van der Waals surface area contributed by atoms with Crippen LogP contribution in [-0.4, -0.2) is 16.3 Å². The fourth-order valence-corrected chi connectivity index (χ4v) is 1.59. The zero-order valence-electron chi connectivity index (χ0n) is 10.2. The van der Waals surface area contributed by atoms with Gasteiger partial charge >= 0.3 is 6.18 Å². The van der Waals surface area contributed by atoms with Gasteiger partial charge in [-0.3, -0.25) is 0 Å². The zero-order chi connectivity index (χ0) is 14.6. The topological polar surface area (TPSA) is 51.0 Å². The lowest BCUT2D eigenvalue weighted by atomic mass is 10.3. The van der Waals surface area contributed by atoms with Crippen molar-refractivity contribution in [3.63, 3.8) is 0 Å². The number of hydrogen-bond donors (Lipinski definition) is 1. The van der Waals surface area contributed by atoms with Gasteiger partial charge in [0, 0.05) is 17.1 Å². The Morgan fingerprint density at radius 1 is 1.20 bits per heavy atom. The van der Waals surface area contributed by atoms with Gasteiger partial charge in [0.2, 0.25) is 5.89 Å². The van der Waals surface area contributed by atoms with E-state index in [4.69, 9.17) is 16.1 Å². The highest BCUT2D eigenvalue weighted by atomic mass is 35.5. The molecule has 4 nitrogen and oxygen atoms in total. The molecule has 1 aromatic carbocycles. The molecule has 0 aliphatic carbocycles. The SMILES string of the molecule is FC(F)(F)CCc1noc(CNc2ccc(Cl)cc2)n1. The molecule has 2 aromatic rings. The minimum atomic E-state index is -4.22. The normalized spacial score (nSPS) is 11.6. The van der Waals surface area contributed by atoms with Crippen molar-refractivity contribution in [1.29, 1.82) is 0 Å². The molecular formula is C12H11ClF3N3O. The van der Waals surface area contributed by atoms with Crippen LogP contribution in [0.2, 0.25) is 5.02 Å². The number of benzene rings is 1. The highest BCUT2D eigenvalue weighted by Gasteiger charge is 2.27. The standard InChI is InChI=1S/C12H11ClF3N3O/c13-8-1-3-9(4-2-8)17-7-11-18-10(19-20-11)5-6-12(14,15)16/h1-4,17H,5-7H2. The molecule has 20 heavy (non-hydrogen) atoms. The van der Waals surface area contributed by atoms with E-state index < -0.39 is 12.6 Å². The second-order valence-corrected chi connectivity index (χ2v) is 4.52. The summed E-state index contributed by atoms with van der Waals surface area (Å²) in [4.78, 5) is 3.88. The van der Waals surface area contributed by atoms with Gasteiger partial charge in [-0.2, -0.15) is 18.2 Å². The Bertz CT molecular complexity index is 554. The molecule has 0 fully saturated rings. The maximum Gasteiger partial charge on any atom is 0.389 e. The zero-order valence-corrected chi connectivity index (χ0v) is 11.0. The summed E-state index contributed by atoms with van der Waals surface area (Å²) in [5.41, 5.74) is 0.796. The summed E-state index contributed by atoms with van der Waals surface area (Å²) in [5, 5.41) is 7.11. The Hall–Kier alpha value is -1.76. The Balaban J connectivity index is 1.85. The second-order valence-electron chi connectivity index (χ2n) is 4.08. The van der Waals surface area contributed by atoms with E-state index in [1.165, 1.54) is 0 Å². The molecule has 0 amide bonds. The molecule has 0 radical (unpaired) electrons. The maximum absolute atomic E-state index is 12.0. The molecule has 0 saturated carbocycles.